The Morgan fingerprint density at radius 2 is 2.50 bits per heavy atom. The highest BCUT2D eigenvalue weighted by Crippen LogP contribution is 2.48. The zero-order chi connectivity index (χ0) is 10.3. The van der Waals surface area contributed by atoms with Crippen LogP contribution in [0.5, 0.6) is 0 Å². The van der Waals surface area contributed by atoms with E-state index in [4.69, 9.17) is 9.84 Å². The summed E-state index contributed by atoms with van der Waals surface area (Å²) in [5, 5.41) is 18.3. The van der Waals surface area contributed by atoms with Gasteiger partial charge in [0.1, 0.15) is 0 Å². The Kier molecular flexibility index (Phi) is 2.12. The van der Waals surface area contributed by atoms with Gasteiger partial charge in [0, 0.05) is 5.41 Å². The van der Waals surface area contributed by atoms with Crippen molar-refractivity contribution in [1.82, 2.24) is 0 Å². The number of fused-ring (bicyclic) bond motifs is 2. The molecule has 0 spiro atoms. The summed E-state index contributed by atoms with van der Waals surface area (Å²) in [6.07, 6.45) is 3.57. The second-order valence-electron chi connectivity index (χ2n) is 4.24. The van der Waals surface area contributed by atoms with Crippen molar-refractivity contribution in [3.63, 3.8) is 0 Å². The first kappa shape index (κ1) is 9.68. The molecule has 1 fully saturated rings. The van der Waals surface area contributed by atoms with Crippen LogP contribution in [0.3, 0.4) is 0 Å². The molecule has 2 aliphatic rings. The summed E-state index contributed by atoms with van der Waals surface area (Å²) in [7, 11) is 0. The number of hydrogen-bond acceptors (Lipinski definition) is 3. The molecule has 4 heteroatoms. The first-order valence-electron chi connectivity index (χ1n) is 4.79. The summed E-state index contributed by atoms with van der Waals surface area (Å²) in [5.74, 6) is -0.933. The van der Waals surface area contributed by atoms with Gasteiger partial charge in [-0.15, -0.1) is 0 Å². The molecule has 1 aliphatic carbocycles. The van der Waals surface area contributed by atoms with Crippen LogP contribution in [-0.4, -0.2) is 34.5 Å². The molecule has 2 bridgehead atoms. The van der Waals surface area contributed by atoms with E-state index in [0.29, 0.717) is 12.8 Å². The number of carbonyl (C=O) groups is 1. The number of rotatable bonds is 3. The van der Waals surface area contributed by atoms with Crippen LogP contribution in [0.2, 0.25) is 0 Å². The van der Waals surface area contributed by atoms with Gasteiger partial charge in [-0.05, 0) is 19.8 Å². The molecule has 0 saturated carbocycles. The van der Waals surface area contributed by atoms with Crippen LogP contribution in [-0.2, 0) is 9.53 Å². The molecule has 0 aromatic rings. The number of aliphatic carboxylic acids is 1. The van der Waals surface area contributed by atoms with Crippen molar-refractivity contribution in [2.45, 2.75) is 38.1 Å². The fourth-order valence-electron chi connectivity index (χ4n) is 2.52. The number of carboxylic acids is 1. The van der Waals surface area contributed by atoms with E-state index in [1.54, 1.807) is 6.92 Å². The molecule has 14 heavy (non-hydrogen) atoms. The van der Waals surface area contributed by atoms with Crippen molar-refractivity contribution >= 4 is 5.97 Å². The number of carboxylic acid groups (broad SMARTS) is 1. The molecule has 4 nitrogen and oxygen atoms in total. The molecular formula is C10H14O4. The van der Waals surface area contributed by atoms with Crippen molar-refractivity contribution in [3.8, 4) is 0 Å². The van der Waals surface area contributed by atoms with Gasteiger partial charge < -0.3 is 14.9 Å². The lowest BCUT2D eigenvalue weighted by Crippen LogP contribution is -2.38. The lowest BCUT2D eigenvalue weighted by molar-refractivity contribution is -0.153. The van der Waals surface area contributed by atoms with Gasteiger partial charge in [0.2, 0.25) is 0 Å². The van der Waals surface area contributed by atoms with Crippen LogP contribution >= 0.6 is 0 Å². The van der Waals surface area contributed by atoms with Gasteiger partial charge in [0.05, 0.1) is 12.2 Å². The summed E-state index contributed by atoms with van der Waals surface area (Å²) in [6.45, 7) is 1.67. The fraction of sp³-hybridized carbons (Fsp3) is 0.700. The highest BCUT2D eigenvalue weighted by Gasteiger charge is 2.53. The minimum Gasteiger partial charge on any atom is -0.479 e. The molecule has 0 amide bonds. The van der Waals surface area contributed by atoms with Crippen molar-refractivity contribution in [3.05, 3.63) is 12.2 Å². The Morgan fingerprint density at radius 1 is 1.79 bits per heavy atom. The molecule has 0 aromatic carbocycles. The normalized spacial score (nSPS) is 41.6. The fourth-order valence-corrected chi connectivity index (χ4v) is 2.52. The smallest absolute Gasteiger partial charge is 0.333 e. The maximum Gasteiger partial charge on any atom is 0.333 e. The van der Waals surface area contributed by atoms with Crippen LogP contribution in [0.4, 0.5) is 0 Å². The second kappa shape index (κ2) is 3.07. The Bertz CT molecular complexity index is 284. The van der Waals surface area contributed by atoms with E-state index in [1.807, 2.05) is 12.2 Å². The van der Waals surface area contributed by atoms with Crippen LogP contribution in [0.1, 0.15) is 19.8 Å². The predicted octanol–water partition coefficient (Wildman–Crippen LogP) is 0.556. The third-order valence-corrected chi connectivity index (χ3v) is 2.96. The third-order valence-electron chi connectivity index (χ3n) is 2.96. The summed E-state index contributed by atoms with van der Waals surface area (Å²) in [6, 6.07) is 0. The minimum absolute atomic E-state index is 0.0742. The lowest BCUT2D eigenvalue weighted by atomic mass is 9.78. The van der Waals surface area contributed by atoms with Gasteiger partial charge in [-0.25, -0.2) is 4.79 Å². The first-order chi connectivity index (χ1) is 6.53. The van der Waals surface area contributed by atoms with Crippen LogP contribution in [0.25, 0.3) is 0 Å². The van der Waals surface area contributed by atoms with E-state index in [1.165, 1.54) is 0 Å². The van der Waals surface area contributed by atoms with E-state index in [9.17, 15) is 9.90 Å². The average Bonchev–Trinajstić information content (AvgIpc) is 2.58. The zero-order valence-corrected chi connectivity index (χ0v) is 8.01. The van der Waals surface area contributed by atoms with Crippen LogP contribution < -0.4 is 0 Å². The van der Waals surface area contributed by atoms with Gasteiger partial charge >= 0.3 is 5.97 Å². The zero-order valence-electron chi connectivity index (χ0n) is 8.01. The SMILES string of the molecule is CC(O)CC12C=CC(C1)OC2C(=O)O. The number of hydrogen-bond donors (Lipinski definition) is 2. The van der Waals surface area contributed by atoms with E-state index in [2.05, 4.69) is 0 Å². The largest absolute Gasteiger partial charge is 0.479 e. The van der Waals surface area contributed by atoms with Gasteiger partial charge in [-0.1, -0.05) is 12.2 Å². The second-order valence-corrected chi connectivity index (χ2v) is 4.24. The van der Waals surface area contributed by atoms with E-state index >= 15 is 0 Å². The van der Waals surface area contributed by atoms with Gasteiger partial charge in [-0.2, -0.15) is 0 Å². The molecule has 4 unspecified atom stereocenters. The molecule has 1 saturated heterocycles. The summed E-state index contributed by atoms with van der Waals surface area (Å²) in [5.41, 5.74) is -0.481. The van der Waals surface area contributed by atoms with Gasteiger partial charge in [0.25, 0.3) is 0 Å². The predicted molar refractivity (Wildman–Crippen MR) is 48.8 cm³/mol. The molecule has 1 aliphatic heterocycles. The van der Waals surface area contributed by atoms with Crippen LogP contribution in [0, 0.1) is 5.41 Å². The van der Waals surface area contributed by atoms with Gasteiger partial charge in [-0.3, -0.25) is 0 Å². The van der Waals surface area contributed by atoms with E-state index < -0.39 is 23.6 Å². The molecule has 2 rings (SSSR count). The molecule has 0 radical (unpaired) electrons. The molecule has 1 heterocycles. The average molecular weight is 198 g/mol. The molecular weight excluding hydrogens is 184 g/mol. The van der Waals surface area contributed by atoms with Crippen molar-refractivity contribution in [2.24, 2.45) is 5.41 Å². The maximum atomic E-state index is 10.9. The topological polar surface area (TPSA) is 66.8 Å². The van der Waals surface area contributed by atoms with E-state index in [-0.39, 0.29) is 6.10 Å². The molecule has 2 N–H and O–H groups in total. The summed E-state index contributed by atoms with van der Waals surface area (Å²) in [4.78, 5) is 10.9. The summed E-state index contributed by atoms with van der Waals surface area (Å²) < 4.78 is 5.33. The minimum atomic E-state index is -0.933. The molecule has 4 atom stereocenters. The highest BCUT2D eigenvalue weighted by molar-refractivity contribution is 5.75. The lowest BCUT2D eigenvalue weighted by Gasteiger charge is -2.29. The Hall–Kier alpha value is -0.870. The Balaban J connectivity index is 2.22. The standard InChI is InChI=1S/C10H14O4/c1-6(11)4-10-3-2-7(5-10)14-8(10)9(12)13/h2-3,6-8,11H,4-5H2,1H3,(H,12,13). The summed E-state index contributed by atoms with van der Waals surface area (Å²) >= 11 is 0. The van der Waals surface area contributed by atoms with Crippen molar-refractivity contribution in [2.75, 3.05) is 0 Å². The third kappa shape index (κ3) is 1.35. The van der Waals surface area contributed by atoms with Gasteiger partial charge in [0.15, 0.2) is 6.10 Å². The monoisotopic (exact) mass is 198 g/mol. The molecule has 78 valence electrons. The number of aliphatic hydroxyl groups is 1. The molecule has 0 aromatic heterocycles. The first-order valence-corrected chi connectivity index (χ1v) is 4.79. The van der Waals surface area contributed by atoms with E-state index in [0.717, 1.165) is 0 Å². The number of ether oxygens (including phenoxy) is 1. The maximum absolute atomic E-state index is 10.9. The Morgan fingerprint density at radius 3 is 3.00 bits per heavy atom. The number of aliphatic hydroxyl groups excluding tert-OH is 1. The quantitative estimate of drug-likeness (QED) is 0.650. The highest BCUT2D eigenvalue weighted by atomic mass is 16.5. The van der Waals surface area contributed by atoms with Crippen LogP contribution in [0.15, 0.2) is 12.2 Å². The van der Waals surface area contributed by atoms with Crippen molar-refractivity contribution < 1.29 is 19.7 Å². The Labute approximate surface area is 82.2 Å². The van der Waals surface area contributed by atoms with Crippen molar-refractivity contribution in [1.29, 1.82) is 0 Å².